The van der Waals surface area contributed by atoms with Crippen LogP contribution in [0, 0.1) is 0 Å². The summed E-state index contributed by atoms with van der Waals surface area (Å²) in [6.45, 7) is 2.78. The van der Waals surface area contributed by atoms with Crippen molar-refractivity contribution in [1.29, 1.82) is 0 Å². The van der Waals surface area contributed by atoms with Crippen LogP contribution in [0.5, 0.6) is 5.75 Å². The number of para-hydroxylation sites is 1. The number of fused-ring (bicyclic) bond motifs is 1. The monoisotopic (exact) mass is 310 g/mol. The Labute approximate surface area is 134 Å². The van der Waals surface area contributed by atoms with E-state index in [2.05, 4.69) is 10.2 Å². The van der Waals surface area contributed by atoms with Gasteiger partial charge in [0.1, 0.15) is 5.75 Å². The average molecular weight is 310 g/mol. The Balaban J connectivity index is 1.83. The van der Waals surface area contributed by atoms with E-state index in [-0.39, 0.29) is 5.91 Å². The largest absolute Gasteiger partial charge is 0.493 e. The number of ether oxygens (including phenoxy) is 1. The Morgan fingerprint density at radius 2 is 1.96 bits per heavy atom. The first-order chi connectivity index (χ1) is 11.2. The quantitative estimate of drug-likeness (QED) is 0.726. The lowest BCUT2D eigenvalue weighted by Gasteiger charge is -2.18. The van der Waals surface area contributed by atoms with E-state index in [1.165, 1.54) is 0 Å². The molecule has 118 valence electrons. The smallest absolute Gasteiger partial charge is 0.257 e. The van der Waals surface area contributed by atoms with Gasteiger partial charge in [0.2, 0.25) is 0 Å². The molecule has 6 heteroatoms. The molecule has 0 unspecified atom stereocenters. The molecule has 0 aliphatic carbocycles. The van der Waals surface area contributed by atoms with Crippen molar-refractivity contribution in [3.63, 3.8) is 0 Å². The molecule has 0 radical (unpaired) electrons. The Hall–Kier alpha value is -2.89. The van der Waals surface area contributed by atoms with Crippen molar-refractivity contribution >= 4 is 11.6 Å². The van der Waals surface area contributed by atoms with Crippen LogP contribution in [0.3, 0.4) is 0 Å². The predicted octanol–water partition coefficient (Wildman–Crippen LogP) is 2.40. The highest BCUT2D eigenvalue weighted by atomic mass is 16.5. The topological polar surface area (TPSA) is 59.7 Å². The number of amides is 1. The van der Waals surface area contributed by atoms with Crippen LogP contribution in [0.1, 0.15) is 23.1 Å². The number of pyridine rings is 1. The van der Waals surface area contributed by atoms with Crippen molar-refractivity contribution in [2.75, 3.05) is 13.7 Å². The molecule has 23 heavy (non-hydrogen) atoms. The average Bonchev–Trinajstić information content (AvgIpc) is 2.98. The summed E-state index contributed by atoms with van der Waals surface area (Å²) in [5, 5.41) is 8.26. The highest BCUT2D eigenvalue weighted by Crippen LogP contribution is 2.20. The van der Waals surface area contributed by atoms with Gasteiger partial charge in [0, 0.05) is 13.2 Å². The SMILES string of the molecule is CCOc1ccccc1C(=O)N(C)Cc1nnc2ccccn12. The fourth-order valence-corrected chi connectivity index (χ4v) is 2.41. The number of carbonyl (C=O) groups is 1. The second-order valence-corrected chi connectivity index (χ2v) is 5.14. The van der Waals surface area contributed by atoms with Gasteiger partial charge in [-0.05, 0) is 31.2 Å². The van der Waals surface area contributed by atoms with Gasteiger partial charge in [-0.2, -0.15) is 0 Å². The van der Waals surface area contributed by atoms with E-state index in [0.29, 0.717) is 30.3 Å². The minimum absolute atomic E-state index is 0.110. The first-order valence-electron chi connectivity index (χ1n) is 7.46. The number of nitrogens with zero attached hydrogens (tertiary/aromatic N) is 4. The van der Waals surface area contributed by atoms with Gasteiger partial charge in [-0.3, -0.25) is 9.20 Å². The number of rotatable bonds is 5. The molecule has 0 saturated carbocycles. The maximum absolute atomic E-state index is 12.7. The molecule has 0 aliphatic rings. The summed E-state index contributed by atoms with van der Waals surface area (Å²) in [7, 11) is 1.75. The molecule has 0 saturated heterocycles. The molecule has 2 heterocycles. The molecular weight excluding hydrogens is 292 g/mol. The highest BCUT2D eigenvalue weighted by molar-refractivity contribution is 5.96. The van der Waals surface area contributed by atoms with E-state index in [9.17, 15) is 4.79 Å². The van der Waals surface area contributed by atoms with Gasteiger partial charge in [0.15, 0.2) is 11.5 Å². The summed E-state index contributed by atoms with van der Waals surface area (Å²) in [5.74, 6) is 1.20. The van der Waals surface area contributed by atoms with Crippen LogP contribution in [0.2, 0.25) is 0 Å². The van der Waals surface area contributed by atoms with Crippen LogP contribution in [0.4, 0.5) is 0 Å². The van der Waals surface area contributed by atoms with E-state index in [4.69, 9.17) is 4.74 Å². The second-order valence-electron chi connectivity index (χ2n) is 5.14. The summed E-state index contributed by atoms with van der Waals surface area (Å²) in [6.07, 6.45) is 1.89. The van der Waals surface area contributed by atoms with Crippen LogP contribution in [0.15, 0.2) is 48.7 Å². The lowest BCUT2D eigenvalue weighted by Crippen LogP contribution is -2.27. The van der Waals surface area contributed by atoms with Crippen LogP contribution in [0.25, 0.3) is 5.65 Å². The van der Waals surface area contributed by atoms with Gasteiger partial charge < -0.3 is 9.64 Å². The number of carbonyl (C=O) groups excluding carboxylic acids is 1. The van der Waals surface area contributed by atoms with E-state index < -0.39 is 0 Å². The maximum atomic E-state index is 12.7. The normalized spacial score (nSPS) is 10.7. The van der Waals surface area contributed by atoms with Crippen molar-refractivity contribution in [2.24, 2.45) is 0 Å². The van der Waals surface area contributed by atoms with Crippen molar-refractivity contribution in [3.8, 4) is 5.75 Å². The highest BCUT2D eigenvalue weighted by Gasteiger charge is 2.18. The zero-order chi connectivity index (χ0) is 16.2. The fraction of sp³-hybridized carbons (Fsp3) is 0.235. The van der Waals surface area contributed by atoms with E-state index in [1.807, 2.05) is 47.9 Å². The van der Waals surface area contributed by atoms with Gasteiger partial charge in [-0.15, -0.1) is 10.2 Å². The summed E-state index contributed by atoms with van der Waals surface area (Å²) in [4.78, 5) is 14.3. The Morgan fingerprint density at radius 3 is 2.78 bits per heavy atom. The maximum Gasteiger partial charge on any atom is 0.257 e. The van der Waals surface area contributed by atoms with Crippen LogP contribution in [-0.2, 0) is 6.54 Å². The van der Waals surface area contributed by atoms with E-state index >= 15 is 0 Å². The first-order valence-corrected chi connectivity index (χ1v) is 7.46. The zero-order valence-corrected chi connectivity index (χ0v) is 13.1. The Bertz CT molecular complexity index is 828. The number of aromatic nitrogens is 3. The van der Waals surface area contributed by atoms with Crippen molar-refractivity contribution in [1.82, 2.24) is 19.5 Å². The molecule has 0 aliphatic heterocycles. The minimum atomic E-state index is -0.110. The van der Waals surface area contributed by atoms with Gasteiger partial charge in [-0.1, -0.05) is 18.2 Å². The van der Waals surface area contributed by atoms with Crippen molar-refractivity contribution in [3.05, 3.63) is 60.0 Å². The Kier molecular flexibility index (Phi) is 4.23. The second kappa shape index (κ2) is 6.48. The molecule has 1 amide bonds. The van der Waals surface area contributed by atoms with Crippen LogP contribution < -0.4 is 4.74 Å². The molecule has 0 spiro atoms. The zero-order valence-electron chi connectivity index (χ0n) is 13.1. The van der Waals surface area contributed by atoms with Crippen molar-refractivity contribution in [2.45, 2.75) is 13.5 Å². The summed E-state index contributed by atoms with van der Waals surface area (Å²) in [5.41, 5.74) is 1.31. The molecule has 0 bridgehead atoms. The predicted molar refractivity (Wildman–Crippen MR) is 86.4 cm³/mol. The molecular formula is C17H18N4O2. The molecule has 0 N–H and O–H groups in total. The third-order valence-corrected chi connectivity index (χ3v) is 3.53. The van der Waals surface area contributed by atoms with Gasteiger partial charge >= 0.3 is 0 Å². The molecule has 0 atom stereocenters. The minimum Gasteiger partial charge on any atom is -0.493 e. The fourth-order valence-electron chi connectivity index (χ4n) is 2.41. The van der Waals surface area contributed by atoms with E-state index in [1.54, 1.807) is 24.1 Å². The summed E-state index contributed by atoms with van der Waals surface area (Å²) >= 11 is 0. The molecule has 3 rings (SSSR count). The van der Waals surface area contributed by atoms with Gasteiger partial charge in [0.05, 0.1) is 18.7 Å². The van der Waals surface area contributed by atoms with Crippen LogP contribution in [-0.4, -0.2) is 39.1 Å². The Morgan fingerprint density at radius 1 is 1.17 bits per heavy atom. The summed E-state index contributed by atoms with van der Waals surface area (Å²) in [6, 6.07) is 12.9. The van der Waals surface area contributed by atoms with Crippen LogP contribution >= 0.6 is 0 Å². The van der Waals surface area contributed by atoms with Crippen molar-refractivity contribution < 1.29 is 9.53 Å². The van der Waals surface area contributed by atoms with Gasteiger partial charge in [-0.25, -0.2) is 0 Å². The molecule has 6 nitrogen and oxygen atoms in total. The molecule has 3 aromatic rings. The number of benzene rings is 1. The lowest BCUT2D eigenvalue weighted by molar-refractivity contribution is 0.0777. The van der Waals surface area contributed by atoms with E-state index in [0.717, 1.165) is 5.65 Å². The summed E-state index contributed by atoms with van der Waals surface area (Å²) < 4.78 is 7.41. The third-order valence-electron chi connectivity index (χ3n) is 3.53. The molecule has 1 aromatic carbocycles. The standard InChI is InChI=1S/C17H18N4O2/c1-3-23-14-9-5-4-8-13(14)17(22)20(2)12-16-19-18-15-10-6-7-11-21(15)16/h4-11H,3,12H2,1-2H3. The van der Waals surface area contributed by atoms with Gasteiger partial charge in [0.25, 0.3) is 5.91 Å². The first kappa shape index (κ1) is 15.0. The lowest BCUT2D eigenvalue weighted by atomic mass is 10.1. The number of hydrogen-bond donors (Lipinski definition) is 0. The number of hydrogen-bond acceptors (Lipinski definition) is 4. The molecule has 2 aromatic heterocycles. The third kappa shape index (κ3) is 3.01. The molecule has 0 fully saturated rings.